The SMILES string of the molecule is C=CC(=O)Nc1cc2c(Nc3cc(-c4ccc(F)cc4F)ccc3OC)ncnc2cc1N1CCC(N2CCOCC2)CC1. The van der Waals surface area contributed by atoms with Crippen molar-refractivity contribution in [1.82, 2.24) is 14.9 Å². The van der Waals surface area contributed by atoms with Crippen LogP contribution in [-0.4, -0.2) is 73.3 Å². The van der Waals surface area contributed by atoms with Gasteiger partial charge in [0, 0.05) is 49.2 Å². The van der Waals surface area contributed by atoms with Crippen LogP contribution in [0.2, 0.25) is 0 Å². The highest BCUT2D eigenvalue weighted by atomic mass is 19.1. The van der Waals surface area contributed by atoms with Crippen LogP contribution < -0.4 is 20.3 Å². The van der Waals surface area contributed by atoms with E-state index < -0.39 is 11.6 Å². The maximum Gasteiger partial charge on any atom is 0.247 e. The van der Waals surface area contributed by atoms with Gasteiger partial charge >= 0.3 is 0 Å². The number of halogens is 2. The van der Waals surface area contributed by atoms with Gasteiger partial charge < -0.3 is 25.0 Å². The summed E-state index contributed by atoms with van der Waals surface area (Å²) >= 11 is 0. The molecular formula is C33H34F2N6O3. The summed E-state index contributed by atoms with van der Waals surface area (Å²) in [6, 6.07) is 12.9. The zero-order chi connectivity index (χ0) is 30.6. The maximum atomic E-state index is 14.6. The van der Waals surface area contributed by atoms with E-state index in [1.165, 1.54) is 31.6 Å². The minimum atomic E-state index is -0.669. The fourth-order valence-corrected chi connectivity index (χ4v) is 5.98. The molecule has 0 unspecified atom stereocenters. The van der Waals surface area contributed by atoms with E-state index in [0.717, 1.165) is 64.0 Å². The maximum absolute atomic E-state index is 14.6. The number of anilines is 4. The van der Waals surface area contributed by atoms with Crippen molar-refractivity contribution in [2.75, 3.05) is 62.0 Å². The monoisotopic (exact) mass is 600 g/mol. The van der Waals surface area contributed by atoms with Gasteiger partial charge in [0.2, 0.25) is 5.91 Å². The predicted molar refractivity (Wildman–Crippen MR) is 168 cm³/mol. The van der Waals surface area contributed by atoms with Crippen molar-refractivity contribution in [1.29, 1.82) is 0 Å². The summed E-state index contributed by atoms with van der Waals surface area (Å²) in [6.45, 7) is 8.76. The van der Waals surface area contributed by atoms with Gasteiger partial charge in [0.05, 0.1) is 42.9 Å². The van der Waals surface area contributed by atoms with Gasteiger partial charge in [-0.3, -0.25) is 9.69 Å². The van der Waals surface area contributed by atoms with Crippen LogP contribution in [0.4, 0.5) is 31.7 Å². The third kappa shape index (κ3) is 6.20. The number of piperidine rings is 1. The average molecular weight is 601 g/mol. The molecule has 3 aromatic carbocycles. The first-order chi connectivity index (χ1) is 21.4. The Bertz CT molecular complexity index is 1690. The number of amides is 1. The summed E-state index contributed by atoms with van der Waals surface area (Å²) in [7, 11) is 1.54. The van der Waals surface area contributed by atoms with Crippen LogP contribution in [0.1, 0.15) is 12.8 Å². The molecule has 2 saturated heterocycles. The van der Waals surface area contributed by atoms with E-state index in [0.29, 0.717) is 45.5 Å². The number of hydrogen-bond donors (Lipinski definition) is 2. The molecule has 1 aromatic heterocycles. The summed E-state index contributed by atoms with van der Waals surface area (Å²) in [6.07, 6.45) is 4.73. The zero-order valence-electron chi connectivity index (χ0n) is 24.5. The molecule has 0 radical (unpaired) electrons. The van der Waals surface area contributed by atoms with Crippen molar-refractivity contribution in [2.45, 2.75) is 18.9 Å². The number of carbonyl (C=O) groups is 1. The van der Waals surface area contributed by atoms with Crippen molar-refractivity contribution < 1.29 is 23.0 Å². The Kier molecular flexibility index (Phi) is 8.67. The Morgan fingerprint density at radius 3 is 2.55 bits per heavy atom. The number of rotatable bonds is 8. The number of morpholine rings is 1. The van der Waals surface area contributed by atoms with Gasteiger partial charge in [0.1, 0.15) is 29.5 Å². The lowest BCUT2D eigenvalue weighted by Crippen LogP contribution is -2.49. The van der Waals surface area contributed by atoms with Gasteiger partial charge in [-0.15, -0.1) is 0 Å². The predicted octanol–water partition coefficient (Wildman–Crippen LogP) is 5.75. The molecule has 0 bridgehead atoms. The Morgan fingerprint density at radius 1 is 1.02 bits per heavy atom. The van der Waals surface area contributed by atoms with Crippen LogP contribution in [0.15, 0.2) is 67.5 Å². The van der Waals surface area contributed by atoms with Gasteiger partial charge in [-0.2, -0.15) is 0 Å². The second-order valence-electron chi connectivity index (χ2n) is 10.8. The lowest BCUT2D eigenvalue weighted by Gasteiger charge is -2.41. The molecule has 11 heteroatoms. The summed E-state index contributed by atoms with van der Waals surface area (Å²) in [5.41, 5.74) is 3.50. The average Bonchev–Trinajstić information content (AvgIpc) is 3.05. The first-order valence-corrected chi connectivity index (χ1v) is 14.6. The number of benzene rings is 3. The van der Waals surface area contributed by atoms with E-state index >= 15 is 0 Å². The van der Waals surface area contributed by atoms with Crippen LogP contribution in [0.5, 0.6) is 5.75 Å². The molecule has 0 atom stereocenters. The van der Waals surface area contributed by atoms with Gasteiger partial charge in [-0.25, -0.2) is 18.7 Å². The van der Waals surface area contributed by atoms with E-state index in [4.69, 9.17) is 9.47 Å². The first kappa shape index (κ1) is 29.5. The highest BCUT2D eigenvalue weighted by Gasteiger charge is 2.27. The number of fused-ring (bicyclic) bond motifs is 1. The van der Waals surface area contributed by atoms with Crippen LogP contribution in [-0.2, 0) is 9.53 Å². The van der Waals surface area contributed by atoms with Gasteiger partial charge in [-0.05, 0) is 60.9 Å². The van der Waals surface area contributed by atoms with Gasteiger partial charge in [0.15, 0.2) is 0 Å². The van der Waals surface area contributed by atoms with E-state index in [9.17, 15) is 13.6 Å². The molecule has 2 aliphatic rings. The third-order valence-corrected chi connectivity index (χ3v) is 8.26. The standard InChI is InChI=1S/C33H34F2N6O3/c1-3-32(42)38-28-18-25-27(19-30(28)41-10-8-23(9-11-41)40-12-14-44-15-13-40)36-20-37-33(25)39-29-16-21(4-7-31(29)43-2)24-6-5-22(34)17-26(24)35/h3-7,16-20,23H,1,8-15H2,2H3,(H,38,42)(H,36,37,39). The van der Waals surface area contributed by atoms with Crippen LogP contribution in [0, 0.1) is 11.6 Å². The summed E-state index contributed by atoms with van der Waals surface area (Å²) in [5, 5.41) is 6.95. The van der Waals surface area contributed by atoms with Crippen LogP contribution in [0.25, 0.3) is 22.0 Å². The normalized spacial score (nSPS) is 16.1. The van der Waals surface area contributed by atoms with Gasteiger partial charge in [-0.1, -0.05) is 12.6 Å². The lowest BCUT2D eigenvalue weighted by atomic mass is 10.0. The fourth-order valence-electron chi connectivity index (χ4n) is 5.98. The molecule has 0 aliphatic carbocycles. The molecular weight excluding hydrogens is 566 g/mol. The second kappa shape index (κ2) is 12.9. The van der Waals surface area contributed by atoms with Crippen molar-refractivity contribution in [2.24, 2.45) is 0 Å². The first-order valence-electron chi connectivity index (χ1n) is 14.6. The largest absolute Gasteiger partial charge is 0.495 e. The lowest BCUT2D eigenvalue weighted by molar-refractivity contribution is -0.111. The highest BCUT2D eigenvalue weighted by molar-refractivity contribution is 6.05. The Balaban J connectivity index is 1.33. The molecule has 2 fully saturated rings. The molecule has 2 N–H and O–H groups in total. The number of aromatic nitrogens is 2. The molecule has 0 saturated carbocycles. The summed E-state index contributed by atoms with van der Waals surface area (Å²) in [4.78, 5) is 26.3. The van der Waals surface area contributed by atoms with E-state index in [1.54, 1.807) is 18.2 Å². The van der Waals surface area contributed by atoms with Crippen molar-refractivity contribution >= 4 is 39.7 Å². The second-order valence-corrected chi connectivity index (χ2v) is 10.8. The van der Waals surface area contributed by atoms with Crippen molar-refractivity contribution in [3.8, 4) is 16.9 Å². The number of hydrogen-bond acceptors (Lipinski definition) is 8. The minimum absolute atomic E-state index is 0.251. The minimum Gasteiger partial charge on any atom is -0.495 e. The number of carbonyl (C=O) groups excluding carboxylic acids is 1. The van der Waals surface area contributed by atoms with Crippen molar-refractivity contribution in [3.05, 3.63) is 79.1 Å². The van der Waals surface area contributed by atoms with Crippen LogP contribution >= 0.6 is 0 Å². The molecule has 44 heavy (non-hydrogen) atoms. The third-order valence-electron chi connectivity index (χ3n) is 8.26. The number of nitrogens with zero attached hydrogens (tertiary/aromatic N) is 4. The number of methoxy groups -OCH3 is 1. The fraction of sp³-hybridized carbons (Fsp3) is 0.303. The smallest absolute Gasteiger partial charge is 0.247 e. The molecule has 2 aliphatic heterocycles. The van der Waals surface area contributed by atoms with Crippen LogP contribution in [0.3, 0.4) is 0 Å². The van der Waals surface area contributed by atoms with E-state index in [1.807, 2.05) is 12.1 Å². The van der Waals surface area contributed by atoms with Gasteiger partial charge in [0.25, 0.3) is 0 Å². The Hall–Kier alpha value is -4.61. The summed E-state index contributed by atoms with van der Waals surface area (Å²) in [5.74, 6) is -0.668. The molecule has 3 heterocycles. The molecule has 0 spiro atoms. The Labute approximate surface area is 254 Å². The quantitative estimate of drug-likeness (QED) is 0.247. The Morgan fingerprint density at radius 2 is 1.82 bits per heavy atom. The number of nitrogens with one attached hydrogen (secondary N) is 2. The highest BCUT2D eigenvalue weighted by Crippen LogP contribution is 2.38. The van der Waals surface area contributed by atoms with E-state index in [2.05, 4.69) is 37.0 Å². The van der Waals surface area contributed by atoms with E-state index in [-0.39, 0.29) is 11.5 Å². The zero-order valence-corrected chi connectivity index (χ0v) is 24.5. The summed E-state index contributed by atoms with van der Waals surface area (Å²) < 4.78 is 39.2. The molecule has 228 valence electrons. The van der Waals surface area contributed by atoms with Crippen molar-refractivity contribution in [3.63, 3.8) is 0 Å². The molecule has 6 rings (SSSR count). The molecule has 9 nitrogen and oxygen atoms in total. The molecule has 1 amide bonds. The number of ether oxygens (including phenoxy) is 2. The topological polar surface area (TPSA) is 91.8 Å². The molecule has 4 aromatic rings.